The predicted octanol–water partition coefficient (Wildman–Crippen LogP) is 8.21. The summed E-state index contributed by atoms with van der Waals surface area (Å²) in [7, 11) is 0. The molecule has 6 nitrogen and oxygen atoms in total. The minimum atomic E-state index is -0.855. The number of rotatable bonds is 6. The molecule has 7 rings (SSSR count). The van der Waals surface area contributed by atoms with E-state index in [9.17, 15) is 10.2 Å². The van der Waals surface area contributed by atoms with Gasteiger partial charge in [0.25, 0.3) is 0 Å². The van der Waals surface area contributed by atoms with Crippen molar-refractivity contribution < 1.29 is 19.7 Å². The van der Waals surface area contributed by atoms with Crippen LogP contribution in [0.25, 0.3) is 11.1 Å². The molecule has 0 fully saturated rings. The van der Waals surface area contributed by atoms with Gasteiger partial charge in [-0.15, -0.1) is 0 Å². The first-order chi connectivity index (χ1) is 21.0. The first kappa shape index (κ1) is 26.0. The second-order valence-corrected chi connectivity index (χ2v) is 10.5. The van der Waals surface area contributed by atoms with Gasteiger partial charge in [0.1, 0.15) is 34.5 Å². The van der Waals surface area contributed by atoms with Gasteiger partial charge < -0.3 is 31.2 Å². The molecule has 6 heteroatoms. The van der Waals surface area contributed by atoms with Gasteiger partial charge in [0.2, 0.25) is 0 Å². The van der Waals surface area contributed by atoms with Gasteiger partial charge in [0.15, 0.2) is 0 Å². The number of aromatic hydroxyl groups is 2. The summed E-state index contributed by atoms with van der Waals surface area (Å²) < 4.78 is 13.0. The quantitative estimate of drug-likeness (QED) is 0.120. The van der Waals surface area contributed by atoms with Crippen LogP contribution in [0.4, 0.5) is 11.4 Å². The lowest BCUT2D eigenvalue weighted by Gasteiger charge is -2.36. The fraction of sp³-hybridized carbons (Fsp3) is 0.0270. The summed E-state index contributed by atoms with van der Waals surface area (Å²) in [5.41, 5.74) is 17.6. The van der Waals surface area contributed by atoms with E-state index in [1.165, 1.54) is 12.1 Å². The average Bonchev–Trinajstić information content (AvgIpc) is 3.32. The second-order valence-electron chi connectivity index (χ2n) is 10.5. The van der Waals surface area contributed by atoms with Gasteiger partial charge in [-0.25, -0.2) is 0 Å². The number of nitrogens with two attached hydrogens (primary N) is 2. The largest absolute Gasteiger partial charge is 0.506 e. The van der Waals surface area contributed by atoms with Gasteiger partial charge in [-0.05, 0) is 58.7 Å². The van der Waals surface area contributed by atoms with Crippen LogP contribution in [0.15, 0.2) is 133 Å². The minimum absolute atomic E-state index is 0.0493. The van der Waals surface area contributed by atoms with Crippen LogP contribution in [-0.4, -0.2) is 10.2 Å². The SMILES string of the molecule is Nc1ccc(Oc2ccccc2C2(c3ccccc3Oc3ccc(N)c(O)c3)c3ccccc3-c3ccccc32)cc1O. The van der Waals surface area contributed by atoms with Crippen LogP contribution in [0.3, 0.4) is 0 Å². The zero-order valence-electron chi connectivity index (χ0n) is 23.1. The number of ether oxygens (including phenoxy) is 2. The maximum absolute atomic E-state index is 10.3. The van der Waals surface area contributed by atoms with Gasteiger partial charge in [-0.2, -0.15) is 0 Å². The van der Waals surface area contributed by atoms with E-state index in [2.05, 4.69) is 36.4 Å². The van der Waals surface area contributed by atoms with Crippen molar-refractivity contribution in [1.29, 1.82) is 0 Å². The standard InChI is InChI=1S/C37H28N2O4/c38-31-19-17-23(21-33(31)40)42-35-15-7-5-13-29(35)37(27-11-3-1-9-25(27)26-10-2-4-12-28(26)37)30-14-6-8-16-36(30)43-24-18-20-32(39)34(41)22-24/h1-22,40-41H,38-39H2. The van der Waals surface area contributed by atoms with Crippen molar-refractivity contribution in [1.82, 2.24) is 0 Å². The molecule has 0 aromatic heterocycles. The number of phenolic OH excluding ortho intramolecular Hbond substituents is 2. The lowest BCUT2D eigenvalue weighted by atomic mass is 9.67. The molecule has 0 saturated heterocycles. The third kappa shape index (κ3) is 4.19. The Balaban J connectivity index is 1.52. The van der Waals surface area contributed by atoms with Gasteiger partial charge in [-0.1, -0.05) is 84.9 Å². The van der Waals surface area contributed by atoms with E-state index in [4.69, 9.17) is 20.9 Å². The second kappa shape index (κ2) is 10.2. The van der Waals surface area contributed by atoms with Crippen molar-refractivity contribution in [3.05, 3.63) is 156 Å². The van der Waals surface area contributed by atoms with Crippen molar-refractivity contribution in [2.45, 2.75) is 5.41 Å². The molecule has 0 amide bonds. The van der Waals surface area contributed by atoms with Crippen molar-refractivity contribution in [3.63, 3.8) is 0 Å². The Morgan fingerprint density at radius 1 is 0.442 bits per heavy atom. The number of nitrogen functional groups attached to an aromatic ring is 2. The van der Waals surface area contributed by atoms with Crippen LogP contribution in [0, 0.1) is 0 Å². The highest BCUT2D eigenvalue weighted by molar-refractivity contribution is 5.87. The molecule has 0 atom stereocenters. The lowest BCUT2D eigenvalue weighted by Crippen LogP contribution is -2.29. The fourth-order valence-electron chi connectivity index (χ4n) is 6.12. The number of para-hydroxylation sites is 2. The topological polar surface area (TPSA) is 111 Å². The molecule has 0 spiro atoms. The first-order valence-corrected chi connectivity index (χ1v) is 13.9. The van der Waals surface area contributed by atoms with E-state index < -0.39 is 5.41 Å². The molecule has 0 aliphatic heterocycles. The molecule has 6 aromatic rings. The fourth-order valence-corrected chi connectivity index (χ4v) is 6.12. The van der Waals surface area contributed by atoms with Gasteiger partial charge >= 0.3 is 0 Å². The Morgan fingerprint density at radius 2 is 0.814 bits per heavy atom. The summed E-state index contributed by atoms with van der Waals surface area (Å²) >= 11 is 0. The smallest absolute Gasteiger partial charge is 0.142 e. The molecule has 0 unspecified atom stereocenters. The summed E-state index contributed by atoms with van der Waals surface area (Å²) in [6, 6.07) is 42.3. The number of hydrogen-bond donors (Lipinski definition) is 4. The van der Waals surface area contributed by atoms with Crippen molar-refractivity contribution in [3.8, 4) is 45.6 Å². The zero-order valence-corrected chi connectivity index (χ0v) is 23.1. The number of hydrogen-bond acceptors (Lipinski definition) is 6. The molecule has 0 bridgehead atoms. The van der Waals surface area contributed by atoms with Crippen molar-refractivity contribution >= 4 is 11.4 Å². The van der Waals surface area contributed by atoms with Gasteiger partial charge in [0, 0.05) is 23.3 Å². The lowest BCUT2D eigenvalue weighted by molar-refractivity contribution is 0.444. The number of phenols is 2. The van der Waals surface area contributed by atoms with Gasteiger partial charge in [-0.3, -0.25) is 0 Å². The Labute approximate surface area is 249 Å². The van der Waals surface area contributed by atoms with Crippen LogP contribution >= 0.6 is 0 Å². The molecule has 0 saturated carbocycles. The summed E-state index contributed by atoms with van der Waals surface area (Å²) in [6.45, 7) is 0. The van der Waals surface area contributed by atoms with Crippen LogP contribution in [0.5, 0.6) is 34.5 Å². The third-order valence-corrected chi connectivity index (χ3v) is 7.99. The number of anilines is 2. The normalized spacial score (nSPS) is 12.7. The highest BCUT2D eigenvalue weighted by Crippen LogP contribution is 2.59. The Kier molecular flexibility index (Phi) is 6.17. The minimum Gasteiger partial charge on any atom is -0.506 e. The summed E-state index contributed by atoms with van der Waals surface area (Å²) in [5, 5.41) is 20.6. The van der Waals surface area contributed by atoms with Crippen molar-refractivity contribution in [2.75, 3.05) is 11.5 Å². The Morgan fingerprint density at radius 3 is 1.23 bits per heavy atom. The molecule has 6 aromatic carbocycles. The number of fused-ring (bicyclic) bond motifs is 3. The highest BCUT2D eigenvalue weighted by atomic mass is 16.5. The predicted molar refractivity (Wildman–Crippen MR) is 169 cm³/mol. The molecule has 0 heterocycles. The van der Waals surface area contributed by atoms with Gasteiger partial charge in [0.05, 0.1) is 16.8 Å². The summed E-state index contributed by atoms with van der Waals surface area (Å²) in [6.07, 6.45) is 0. The highest BCUT2D eigenvalue weighted by Gasteiger charge is 2.49. The molecule has 6 N–H and O–H groups in total. The molecular weight excluding hydrogens is 536 g/mol. The third-order valence-electron chi connectivity index (χ3n) is 7.99. The maximum Gasteiger partial charge on any atom is 0.142 e. The first-order valence-electron chi connectivity index (χ1n) is 13.9. The van der Waals surface area contributed by atoms with E-state index in [0.29, 0.717) is 23.0 Å². The molecule has 43 heavy (non-hydrogen) atoms. The number of benzene rings is 6. The monoisotopic (exact) mass is 564 g/mol. The van der Waals surface area contributed by atoms with E-state index in [1.807, 2.05) is 60.7 Å². The summed E-state index contributed by atoms with van der Waals surface area (Å²) in [4.78, 5) is 0. The molecule has 1 aliphatic rings. The van der Waals surface area contributed by atoms with Crippen LogP contribution < -0.4 is 20.9 Å². The van der Waals surface area contributed by atoms with E-state index in [0.717, 1.165) is 33.4 Å². The molecule has 1 aliphatic carbocycles. The Hall–Kier alpha value is -5.88. The summed E-state index contributed by atoms with van der Waals surface area (Å²) in [5.74, 6) is 2.03. The molecular formula is C37H28N2O4. The van der Waals surface area contributed by atoms with E-state index in [1.54, 1.807) is 24.3 Å². The van der Waals surface area contributed by atoms with E-state index in [-0.39, 0.29) is 22.9 Å². The Bertz CT molecular complexity index is 1860. The van der Waals surface area contributed by atoms with E-state index >= 15 is 0 Å². The molecule has 0 radical (unpaired) electrons. The van der Waals surface area contributed by atoms with Crippen LogP contribution in [-0.2, 0) is 5.41 Å². The zero-order chi connectivity index (χ0) is 29.6. The maximum atomic E-state index is 10.3. The van der Waals surface area contributed by atoms with Crippen LogP contribution in [0.2, 0.25) is 0 Å². The molecule has 210 valence electrons. The van der Waals surface area contributed by atoms with Crippen LogP contribution in [0.1, 0.15) is 22.3 Å². The average molecular weight is 565 g/mol. The van der Waals surface area contributed by atoms with Crippen molar-refractivity contribution in [2.24, 2.45) is 0 Å².